The van der Waals surface area contributed by atoms with Crippen LogP contribution < -0.4 is 5.32 Å². The lowest BCUT2D eigenvalue weighted by Crippen LogP contribution is -2.44. The predicted molar refractivity (Wildman–Crippen MR) is 76.3 cm³/mol. The Kier molecular flexibility index (Phi) is 4.61. The molecule has 0 saturated heterocycles. The third-order valence-corrected chi connectivity index (χ3v) is 3.77. The number of carbonyl (C=O) groups excluding carboxylic acids is 3. The van der Waals surface area contributed by atoms with Crippen molar-refractivity contribution in [1.82, 2.24) is 5.32 Å². The summed E-state index contributed by atoms with van der Waals surface area (Å²) in [6.45, 7) is 0. The topological polar surface area (TPSA) is 87.0 Å². The number of hydrogen-bond donors (Lipinski definition) is 1. The molecule has 0 aliphatic heterocycles. The first-order valence-electron chi connectivity index (χ1n) is 6.16. The lowest BCUT2D eigenvalue weighted by atomic mass is 9.93. The summed E-state index contributed by atoms with van der Waals surface area (Å²) in [6.07, 6.45) is 0.361. The van der Waals surface area contributed by atoms with Gasteiger partial charge in [0.25, 0.3) is 5.91 Å². The number of amides is 1. The van der Waals surface area contributed by atoms with E-state index >= 15 is 0 Å². The molecule has 1 fully saturated rings. The van der Waals surface area contributed by atoms with E-state index in [9.17, 15) is 14.4 Å². The summed E-state index contributed by atoms with van der Waals surface area (Å²) < 4.78 is 0. The molecular formula is C14H10Cl2N2O3. The molecule has 1 amide bonds. The minimum Gasteiger partial charge on any atom is -0.342 e. The lowest BCUT2D eigenvalue weighted by Gasteiger charge is -2.21. The number of Topliss-reactive ketones (excluding diaryl/α,β-unsaturated/α-hetero) is 2. The molecule has 1 atom stereocenters. The van der Waals surface area contributed by atoms with Crippen molar-refractivity contribution in [2.75, 3.05) is 0 Å². The fraction of sp³-hybridized carbons (Fsp3) is 0.286. The zero-order valence-corrected chi connectivity index (χ0v) is 12.3. The molecule has 1 aromatic carbocycles. The number of hydrogen-bond acceptors (Lipinski definition) is 4. The second-order valence-corrected chi connectivity index (χ2v) is 5.49. The van der Waals surface area contributed by atoms with E-state index in [1.807, 2.05) is 6.07 Å². The second-order valence-electron chi connectivity index (χ2n) is 4.67. The lowest BCUT2D eigenvalue weighted by molar-refractivity contribution is -0.131. The van der Waals surface area contributed by atoms with Crippen LogP contribution in [0.4, 0.5) is 0 Å². The van der Waals surface area contributed by atoms with E-state index in [1.54, 1.807) is 0 Å². The van der Waals surface area contributed by atoms with E-state index in [0.717, 1.165) is 0 Å². The molecule has 0 bridgehead atoms. The molecule has 108 valence electrons. The zero-order chi connectivity index (χ0) is 15.6. The van der Waals surface area contributed by atoms with Gasteiger partial charge in [0.05, 0.1) is 39.7 Å². The summed E-state index contributed by atoms with van der Waals surface area (Å²) in [6, 6.07) is 3.82. The molecule has 0 aromatic heterocycles. The molecule has 21 heavy (non-hydrogen) atoms. The van der Waals surface area contributed by atoms with E-state index in [0.29, 0.717) is 0 Å². The van der Waals surface area contributed by atoms with Crippen molar-refractivity contribution in [1.29, 1.82) is 5.26 Å². The van der Waals surface area contributed by atoms with Gasteiger partial charge in [-0.1, -0.05) is 23.2 Å². The van der Waals surface area contributed by atoms with E-state index in [4.69, 9.17) is 28.5 Å². The van der Waals surface area contributed by atoms with Gasteiger partial charge in [-0.05, 0) is 18.6 Å². The van der Waals surface area contributed by atoms with Crippen LogP contribution in [0, 0.1) is 11.3 Å². The van der Waals surface area contributed by atoms with Gasteiger partial charge in [0, 0.05) is 6.42 Å². The van der Waals surface area contributed by atoms with Gasteiger partial charge >= 0.3 is 0 Å². The van der Waals surface area contributed by atoms with Crippen LogP contribution in [0.3, 0.4) is 0 Å². The van der Waals surface area contributed by atoms with Crippen LogP contribution in [0.5, 0.6) is 0 Å². The van der Waals surface area contributed by atoms with Gasteiger partial charge in [0.15, 0.2) is 5.78 Å². The van der Waals surface area contributed by atoms with Gasteiger partial charge in [-0.25, -0.2) is 0 Å². The number of nitrogens with zero attached hydrogens (tertiary/aromatic N) is 1. The van der Waals surface area contributed by atoms with Gasteiger partial charge in [0.2, 0.25) is 0 Å². The Bertz CT molecular complexity index is 656. The fourth-order valence-electron chi connectivity index (χ4n) is 2.11. The number of nitrogens with one attached hydrogen (secondary N) is 1. The minimum atomic E-state index is -0.710. The second kappa shape index (κ2) is 6.25. The Labute approximate surface area is 130 Å². The summed E-state index contributed by atoms with van der Waals surface area (Å²) in [4.78, 5) is 35.0. The number of nitriles is 1. The van der Waals surface area contributed by atoms with Crippen molar-refractivity contribution < 1.29 is 14.4 Å². The fourth-order valence-corrected chi connectivity index (χ4v) is 2.77. The first kappa shape index (κ1) is 15.5. The highest BCUT2D eigenvalue weighted by atomic mass is 35.5. The molecule has 0 heterocycles. The monoisotopic (exact) mass is 324 g/mol. The smallest absolute Gasteiger partial charge is 0.254 e. The van der Waals surface area contributed by atoms with Gasteiger partial charge in [-0.15, -0.1) is 0 Å². The molecule has 1 N–H and O–H groups in total. The largest absolute Gasteiger partial charge is 0.342 e. The van der Waals surface area contributed by atoms with Gasteiger partial charge in [-0.2, -0.15) is 5.26 Å². The van der Waals surface area contributed by atoms with Crippen molar-refractivity contribution in [3.63, 3.8) is 0 Å². The standard InChI is InChI=1S/C14H10Cl2N2O3/c15-9-3-7(6-17)4-10(16)13(9)14(21)18-11-2-1-8(19)5-12(11)20/h3-4,11H,1-2,5H2,(H,18,21). The summed E-state index contributed by atoms with van der Waals surface area (Å²) >= 11 is 11.9. The van der Waals surface area contributed by atoms with E-state index in [-0.39, 0.29) is 52.0 Å². The van der Waals surface area contributed by atoms with Crippen LogP contribution in [-0.4, -0.2) is 23.5 Å². The van der Waals surface area contributed by atoms with Gasteiger partial charge < -0.3 is 5.32 Å². The molecule has 1 saturated carbocycles. The third kappa shape index (κ3) is 3.41. The highest BCUT2D eigenvalue weighted by molar-refractivity contribution is 6.40. The molecular weight excluding hydrogens is 315 g/mol. The van der Waals surface area contributed by atoms with Crippen molar-refractivity contribution >= 4 is 40.7 Å². The van der Waals surface area contributed by atoms with Crippen molar-refractivity contribution in [2.45, 2.75) is 25.3 Å². The number of ketones is 2. The Balaban J connectivity index is 2.20. The van der Waals surface area contributed by atoms with Crippen molar-refractivity contribution in [3.05, 3.63) is 33.3 Å². The average Bonchev–Trinajstić information content (AvgIpc) is 2.41. The maximum atomic E-state index is 12.2. The summed E-state index contributed by atoms with van der Waals surface area (Å²) in [7, 11) is 0. The third-order valence-electron chi connectivity index (χ3n) is 3.18. The maximum absolute atomic E-state index is 12.2. The van der Waals surface area contributed by atoms with Crippen LogP contribution >= 0.6 is 23.2 Å². The molecule has 1 aromatic rings. The summed E-state index contributed by atoms with van der Waals surface area (Å²) in [5.74, 6) is -1.04. The zero-order valence-electron chi connectivity index (χ0n) is 10.8. The maximum Gasteiger partial charge on any atom is 0.254 e. The van der Waals surface area contributed by atoms with Gasteiger partial charge in [-0.3, -0.25) is 14.4 Å². The van der Waals surface area contributed by atoms with Crippen molar-refractivity contribution in [3.8, 4) is 6.07 Å². The van der Waals surface area contributed by atoms with E-state index in [2.05, 4.69) is 5.32 Å². The summed E-state index contributed by atoms with van der Waals surface area (Å²) in [5.41, 5.74) is 0.253. The van der Waals surface area contributed by atoms with Crippen LogP contribution in [0.25, 0.3) is 0 Å². The molecule has 1 aliphatic rings. The Hall–Kier alpha value is -1.90. The summed E-state index contributed by atoms with van der Waals surface area (Å²) in [5, 5.41) is 11.4. The van der Waals surface area contributed by atoms with Gasteiger partial charge in [0.1, 0.15) is 5.78 Å². The molecule has 0 spiro atoms. The Morgan fingerprint density at radius 1 is 1.29 bits per heavy atom. The number of carbonyl (C=O) groups is 3. The molecule has 5 nitrogen and oxygen atoms in total. The predicted octanol–water partition coefficient (Wildman–Crippen LogP) is 2.29. The van der Waals surface area contributed by atoms with E-state index < -0.39 is 11.9 Å². The first-order chi connectivity index (χ1) is 9.92. The van der Waals surface area contributed by atoms with Crippen LogP contribution in [-0.2, 0) is 9.59 Å². The van der Waals surface area contributed by atoms with Crippen LogP contribution in [0.2, 0.25) is 10.0 Å². The van der Waals surface area contributed by atoms with Crippen LogP contribution in [0.15, 0.2) is 12.1 Å². The molecule has 0 radical (unpaired) electrons. The number of benzene rings is 1. The van der Waals surface area contributed by atoms with E-state index in [1.165, 1.54) is 12.1 Å². The Morgan fingerprint density at radius 3 is 2.43 bits per heavy atom. The average molecular weight is 325 g/mol. The Morgan fingerprint density at radius 2 is 1.90 bits per heavy atom. The SMILES string of the molecule is N#Cc1cc(Cl)c(C(=O)NC2CCC(=O)CC2=O)c(Cl)c1. The molecule has 1 aliphatic carbocycles. The molecule has 1 unspecified atom stereocenters. The van der Waals surface area contributed by atoms with Crippen LogP contribution in [0.1, 0.15) is 35.2 Å². The number of rotatable bonds is 2. The highest BCUT2D eigenvalue weighted by Crippen LogP contribution is 2.27. The van der Waals surface area contributed by atoms with Crippen molar-refractivity contribution in [2.24, 2.45) is 0 Å². The highest BCUT2D eigenvalue weighted by Gasteiger charge is 2.29. The normalized spacial score (nSPS) is 18.2. The quantitative estimate of drug-likeness (QED) is 0.845. The molecule has 7 heteroatoms. The molecule has 2 rings (SSSR count). The number of halogens is 2. The minimum absolute atomic E-state index is 0.0158. The first-order valence-corrected chi connectivity index (χ1v) is 6.92.